The topological polar surface area (TPSA) is 53.9 Å². The van der Waals surface area contributed by atoms with Crippen molar-refractivity contribution in [2.45, 2.75) is 0 Å². The third kappa shape index (κ3) is 3.48. The third-order valence-electron chi connectivity index (χ3n) is 4.66. The van der Waals surface area contributed by atoms with Gasteiger partial charge in [0, 0.05) is 19.6 Å². The van der Waals surface area contributed by atoms with E-state index < -0.39 is 0 Å². The molecule has 2 heterocycles. The molecule has 5 heteroatoms. The van der Waals surface area contributed by atoms with E-state index in [1.807, 2.05) is 54.6 Å². The molecule has 1 fully saturated rings. The molecule has 5 nitrogen and oxygen atoms in total. The van der Waals surface area contributed by atoms with Crippen LogP contribution in [0.2, 0.25) is 0 Å². The van der Waals surface area contributed by atoms with Gasteiger partial charge in [-0.1, -0.05) is 42.5 Å². The number of amides is 1. The van der Waals surface area contributed by atoms with Crippen molar-refractivity contribution in [2.24, 2.45) is 10.9 Å². The Morgan fingerprint density at radius 3 is 2.56 bits per heavy atom. The van der Waals surface area contributed by atoms with E-state index in [0.717, 1.165) is 35.7 Å². The van der Waals surface area contributed by atoms with E-state index in [4.69, 9.17) is 9.73 Å². The van der Waals surface area contributed by atoms with Gasteiger partial charge < -0.3 is 10.1 Å². The molecule has 1 saturated heterocycles. The fourth-order valence-electron chi connectivity index (χ4n) is 3.31. The highest BCUT2D eigenvalue weighted by Crippen LogP contribution is 2.30. The Kier molecular flexibility index (Phi) is 4.59. The van der Waals surface area contributed by atoms with Crippen molar-refractivity contribution in [1.29, 1.82) is 0 Å². The van der Waals surface area contributed by atoms with Crippen LogP contribution in [0.4, 0.5) is 11.4 Å². The highest BCUT2D eigenvalue weighted by atomic mass is 16.5. The van der Waals surface area contributed by atoms with Gasteiger partial charge in [0.25, 0.3) is 0 Å². The smallest absolute Gasteiger partial charge is 0.234 e. The average molecular weight is 335 g/mol. The number of aliphatic imine (C=N–C) groups is 1. The van der Waals surface area contributed by atoms with E-state index in [-0.39, 0.29) is 11.8 Å². The molecule has 4 rings (SSSR count). The average Bonchev–Trinajstić information content (AvgIpc) is 2.80. The molecule has 1 N–H and O–H groups in total. The van der Waals surface area contributed by atoms with E-state index in [0.29, 0.717) is 19.8 Å². The fraction of sp³-hybridized carbons (Fsp3) is 0.300. The van der Waals surface area contributed by atoms with Crippen molar-refractivity contribution in [3.63, 3.8) is 0 Å². The Bertz CT molecular complexity index is 783. The minimum atomic E-state index is -0.312. The summed E-state index contributed by atoms with van der Waals surface area (Å²) in [6.45, 7) is 3.77. The number of nitrogens with one attached hydrogen (secondary N) is 1. The number of rotatable bonds is 3. The Morgan fingerprint density at radius 2 is 1.76 bits per heavy atom. The summed E-state index contributed by atoms with van der Waals surface area (Å²) in [4.78, 5) is 20.1. The number of morpholine rings is 1. The molecule has 0 radical (unpaired) electrons. The molecular formula is C20H21N3O2. The minimum Gasteiger partial charge on any atom is -0.379 e. The van der Waals surface area contributed by atoms with Gasteiger partial charge in [0.2, 0.25) is 5.91 Å². The lowest BCUT2D eigenvalue weighted by atomic mass is 9.95. The number of para-hydroxylation sites is 2. The number of carbonyl (C=O) groups excluding carboxylic acids is 1. The molecule has 2 aliphatic rings. The van der Waals surface area contributed by atoms with Gasteiger partial charge in [-0.3, -0.25) is 9.69 Å². The molecule has 1 atom stereocenters. The van der Waals surface area contributed by atoms with E-state index in [1.54, 1.807) is 0 Å². The standard InChI is InChI=1S/C20H21N3O2/c24-20-16(14-23-10-12-25-13-11-23)19(15-6-2-1-3-7-15)21-17-8-4-5-9-18(17)22-20/h1-9,16H,10-14H2,(H,22,24). The quantitative estimate of drug-likeness (QED) is 0.938. The number of carbonyl (C=O) groups is 1. The number of hydrogen-bond acceptors (Lipinski definition) is 4. The van der Waals surface area contributed by atoms with Gasteiger partial charge in [-0.05, 0) is 17.7 Å². The predicted octanol–water partition coefficient (Wildman–Crippen LogP) is 2.71. The van der Waals surface area contributed by atoms with Crippen LogP contribution in [0.3, 0.4) is 0 Å². The summed E-state index contributed by atoms with van der Waals surface area (Å²) >= 11 is 0. The van der Waals surface area contributed by atoms with Crippen LogP contribution in [-0.4, -0.2) is 49.4 Å². The monoisotopic (exact) mass is 335 g/mol. The summed E-state index contributed by atoms with van der Waals surface area (Å²) in [5.41, 5.74) is 3.40. The first-order valence-electron chi connectivity index (χ1n) is 8.65. The number of fused-ring (bicyclic) bond motifs is 1. The predicted molar refractivity (Wildman–Crippen MR) is 98.5 cm³/mol. The Labute approximate surface area is 147 Å². The van der Waals surface area contributed by atoms with Crippen molar-refractivity contribution in [1.82, 2.24) is 4.90 Å². The molecule has 25 heavy (non-hydrogen) atoms. The maximum absolute atomic E-state index is 13.0. The number of benzene rings is 2. The maximum Gasteiger partial charge on any atom is 0.234 e. The zero-order valence-electron chi connectivity index (χ0n) is 14.0. The van der Waals surface area contributed by atoms with Crippen LogP contribution in [0.1, 0.15) is 5.56 Å². The second kappa shape index (κ2) is 7.17. The van der Waals surface area contributed by atoms with Crippen LogP contribution < -0.4 is 5.32 Å². The summed E-state index contributed by atoms with van der Waals surface area (Å²) in [5.74, 6) is -0.313. The van der Waals surface area contributed by atoms with Crippen LogP contribution in [0.5, 0.6) is 0 Å². The molecule has 0 aromatic heterocycles. The highest BCUT2D eigenvalue weighted by molar-refractivity contribution is 6.19. The van der Waals surface area contributed by atoms with E-state index in [2.05, 4.69) is 10.2 Å². The second-order valence-electron chi connectivity index (χ2n) is 6.34. The SMILES string of the molecule is O=C1Nc2ccccc2N=C(c2ccccc2)C1CN1CCOCC1. The van der Waals surface area contributed by atoms with Gasteiger partial charge in [-0.15, -0.1) is 0 Å². The number of hydrogen-bond donors (Lipinski definition) is 1. The van der Waals surface area contributed by atoms with E-state index >= 15 is 0 Å². The van der Waals surface area contributed by atoms with E-state index in [1.165, 1.54) is 0 Å². The van der Waals surface area contributed by atoms with Crippen molar-refractivity contribution in [3.8, 4) is 0 Å². The molecule has 0 spiro atoms. The van der Waals surface area contributed by atoms with Crippen LogP contribution in [0, 0.1) is 5.92 Å². The van der Waals surface area contributed by atoms with Gasteiger partial charge in [-0.2, -0.15) is 0 Å². The molecule has 0 bridgehead atoms. The highest BCUT2D eigenvalue weighted by Gasteiger charge is 2.31. The molecule has 128 valence electrons. The first-order valence-corrected chi connectivity index (χ1v) is 8.65. The fourth-order valence-corrected chi connectivity index (χ4v) is 3.31. The number of nitrogens with zero attached hydrogens (tertiary/aromatic N) is 2. The number of ether oxygens (including phenoxy) is 1. The summed E-state index contributed by atoms with van der Waals surface area (Å²) in [5, 5.41) is 3.05. The summed E-state index contributed by atoms with van der Waals surface area (Å²) in [6.07, 6.45) is 0. The third-order valence-corrected chi connectivity index (χ3v) is 4.66. The van der Waals surface area contributed by atoms with Crippen molar-refractivity contribution in [2.75, 3.05) is 38.2 Å². The zero-order valence-corrected chi connectivity index (χ0v) is 14.0. The van der Waals surface area contributed by atoms with Gasteiger partial charge in [-0.25, -0.2) is 4.99 Å². The van der Waals surface area contributed by atoms with Crippen LogP contribution in [0.25, 0.3) is 0 Å². The summed E-state index contributed by atoms with van der Waals surface area (Å²) < 4.78 is 5.43. The van der Waals surface area contributed by atoms with E-state index in [9.17, 15) is 4.79 Å². The molecule has 2 aliphatic heterocycles. The summed E-state index contributed by atoms with van der Waals surface area (Å²) in [7, 11) is 0. The van der Waals surface area contributed by atoms with Crippen LogP contribution in [-0.2, 0) is 9.53 Å². The zero-order chi connectivity index (χ0) is 17.1. The normalized spacial score (nSPS) is 21.0. The van der Waals surface area contributed by atoms with Gasteiger partial charge >= 0.3 is 0 Å². The lowest BCUT2D eigenvalue weighted by Crippen LogP contribution is -2.44. The van der Waals surface area contributed by atoms with Crippen molar-refractivity contribution in [3.05, 3.63) is 60.2 Å². The summed E-state index contributed by atoms with van der Waals surface area (Å²) in [6, 6.07) is 17.7. The van der Waals surface area contributed by atoms with Gasteiger partial charge in [0.05, 0.1) is 36.2 Å². The first kappa shape index (κ1) is 16.0. The Hall–Kier alpha value is -2.50. The molecule has 0 saturated carbocycles. The Balaban J connectivity index is 1.73. The van der Waals surface area contributed by atoms with Crippen LogP contribution in [0.15, 0.2) is 59.6 Å². The van der Waals surface area contributed by atoms with Crippen molar-refractivity contribution >= 4 is 23.0 Å². The minimum absolute atomic E-state index is 0.000884. The molecule has 1 amide bonds. The first-order chi connectivity index (χ1) is 12.3. The molecule has 2 aromatic rings. The molecular weight excluding hydrogens is 314 g/mol. The van der Waals surface area contributed by atoms with Gasteiger partial charge in [0.1, 0.15) is 0 Å². The lowest BCUT2D eigenvalue weighted by Gasteiger charge is -2.30. The van der Waals surface area contributed by atoms with Crippen molar-refractivity contribution < 1.29 is 9.53 Å². The Morgan fingerprint density at radius 1 is 1.04 bits per heavy atom. The second-order valence-corrected chi connectivity index (χ2v) is 6.34. The lowest BCUT2D eigenvalue weighted by molar-refractivity contribution is -0.118. The largest absolute Gasteiger partial charge is 0.379 e. The molecule has 0 aliphatic carbocycles. The molecule has 2 aromatic carbocycles. The van der Waals surface area contributed by atoms with Crippen LogP contribution >= 0.6 is 0 Å². The number of anilines is 1. The maximum atomic E-state index is 13.0. The molecule has 1 unspecified atom stereocenters. The van der Waals surface area contributed by atoms with Gasteiger partial charge in [0.15, 0.2) is 0 Å².